The quantitative estimate of drug-likeness (QED) is 0.410. The summed E-state index contributed by atoms with van der Waals surface area (Å²) in [6.07, 6.45) is 0. The van der Waals surface area contributed by atoms with Crippen LogP contribution in [0.1, 0.15) is 27.7 Å². The first-order valence-electron chi connectivity index (χ1n) is 11.5. The number of nitrogens with one attached hydrogen (secondary N) is 1. The first kappa shape index (κ1) is 23.6. The van der Waals surface area contributed by atoms with Crippen molar-refractivity contribution in [3.63, 3.8) is 0 Å². The van der Waals surface area contributed by atoms with Crippen molar-refractivity contribution >= 4 is 28.3 Å². The Balaban J connectivity index is 1.84. The molecule has 1 aromatic heterocycles. The van der Waals surface area contributed by atoms with E-state index in [-0.39, 0.29) is 0 Å². The van der Waals surface area contributed by atoms with E-state index in [1.807, 2.05) is 18.2 Å². The lowest BCUT2D eigenvalue weighted by molar-refractivity contribution is 0.294. The molecule has 0 fully saturated rings. The van der Waals surface area contributed by atoms with Gasteiger partial charge in [-0.3, -0.25) is 0 Å². The minimum Gasteiger partial charge on any atom is -0.369 e. The molecule has 1 heterocycles. The minimum atomic E-state index is 0.718. The lowest BCUT2D eigenvalue weighted by Gasteiger charge is -2.30. The monoisotopic (exact) mass is 441 g/mol. The molecule has 3 aromatic rings. The Hall–Kier alpha value is -2.08. The summed E-state index contributed by atoms with van der Waals surface area (Å²) >= 11 is 6.15. The molecule has 0 saturated heterocycles. The first-order chi connectivity index (χ1) is 15.1. The fourth-order valence-electron chi connectivity index (χ4n) is 3.94. The molecule has 0 spiro atoms. The molecule has 6 heteroatoms. The average Bonchev–Trinajstić information content (AvgIpc) is 3.22. The van der Waals surface area contributed by atoms with Crippen LogP contribution >= 0.6 is 11.6 Å². The Morgan fingerprint density at radius 2 is 1.45 bits per heavy atom. The van der Waals surface area contributed by atoms with Crippen molar-refractivity contribution in [3.8, 4) is 11.4 Å². The molecule has 0 radical (unpaired) electrons. The molecular weight excluding hydrogens is 406 g/mol. The Morgan fingerprint density at radius 1 is 0.806 bits per heavy atom. The SMILES string of the molecule is CCN(CC)CCN(CCN(CC)CC)c1cccc(-c2nc3ccc(Cl)cc3[nH]2)c1. The van der Waals surface area contributed by atoms with Crippen molar-refractivity contribution in [2.24, 2.45) is 0 Å². The Labute approximate surface area is 192 Å². The van der Waals surface area contributed by atoms with E-state index in [2.05, 4.69) is 71.6 Å². The van der Waals surface area contributed by atoms with Gasteiger partial charge in [0.2, 0.25) is 0 Å². The van der Waals surface area contributed by atoms with Gasteiger partial charge in [-0.25, -0.2) is 4.98 Å². The van der Waals surface area contributed by atoms with Crippen molar-refractivity contribution < 1.29 is 0 Å². The van der Waals surface area contributed by atoms with Crippen LogP contribution in [0, 0.1) is 0 Å². The standard InChI is InChI=1S/C25H36ClN5/c1-5-29(6-2)14-16-31(17-15-30(7-3)8-4)22-11-9-10-20(18-22)25-27-23-13-12-21(26)19-24(23)28-25/h9-13,18-19H,5-8,14-17H2,1-4H3,(H,27,28). The number of rotatable bonds is 12. The third-order valence-electron chi connectivity index (χ3n) is 6.09. The fourth-order valence-corrected chi connectivity index (χ4v) is 4.11. The van der Waals surface area contributed by atoms with Gasteiger partial charge < -0.3 is 19.7 Å². The van der Waals surface area contributed by atoms with Crippen LogP contribution in [0.2, 0.25) is 5.02 Å². The van der Waals surface area contributed by atoms with Crippen LogP contribution in [0.25, 0.3) is 22.4 Å². The molecular formula is C25H36ClN5. The molecule has 168 valence electrons. The van der Waals surface area contributed by atoms with Gasteiger partial charge in [0, 0.05) is 42.5 Å². The van der Waals surface area contributed by atoms with Crippen molar-refractivity contribution in [1.82, 2.24) is 19.8 Å². The van der Waals surface area contributed by atoms with Gasteiger partial charge in [-0.15, -0.1) is 0 Å². The number of aromatic amines is 1. The Bertz CT molecular complexity index is 930. The van der Waals surface area contributed by atoms with Gasteiger partial charge in [0.25, 0.3) is 0 Å². The number of H-pyrrole nitrogens is 1. The van der Waals surface area contributed by atoms with Gasteiger partial charge >= 0.3 is 0 Å². The van der Waals surface area contributed by atoms with Crippen molar-refractivity contribution in [1.29, 1.82) is 0 Å². The number of hydrogen-bond acceptors (Lipinski definition) is 4. The van der Waals surface area contributed by atoms with E-state index >= 15 is 0 Å². The third kappa shape index (κ3) is 6.22. The summed E-state index contributed by atoms with van der Waals surface area (Å²) in [7, 11) is 0. The van der Waals surface area contributed by atoms with Crippen LogP contribution in [0.4, 0.5) is 5.69 Å². The number of anilines is 1. The number of aromatic nitrogens is 2. The summed E-state index contributed by atoms with van der Waals surface area (Å²) in [6.45, 7) is 17.4. The number of imidazole rings is 1. The third-order valence-corrected chi connectivity index (χ3v) is 6.32. The van der Waals surface area contributed by atoms with Crippen LogP contribution in [-0.4, -0.2) is 72.1 Å². The van der Waals surface area contributed by atoms with Crippen LogP contribution in [0.3, 0.4) is 0 Å². The lowest BCUT2D eigenvalue weighted by Crippen LogP contribution is -2.39. The van der Waals surface area contributed by atoms with E-state index in [4.69, 9.17) is 16.6 Å². The summed E-state index contributed by atoms with van der Waals surface area (Å²) in [5.41, 5.74) is 4.24. The smallest absolute Gasteiger partial charge is 0.138 e. The normalized spacial score (nSPS) is 11.7. The number of benzene rings is 2. The van der Waals surface area contributed by atoms with Gasteiger partial charge in [-0.1, -0.05) is 51.4 Å². The maximum absolute atomic E-state index is 6.15. The van der Waals surface area contributed by atoms with E-state index in [0.717, 1.165) is 79.8 Å². The first-order valence-corrected chi connectivity index (χ1v) is 11.9. The molecule has 5 nitrogen and oxygen atoms in total. The van der Waals surface area contributed by atoms with Crippen molar-refractivity contribution in [2.75, 3.05) is 57.3 Å². The summed E-state index contributed by atoms with van der Waals surface area (Å²) in [5.74, 6) is 0.881. The highest BCUT2D eigenvalue weighted by Gasteiger charge is 2.13. The zero-order chi connectivity index (χ0) is 22.2. The predicted octanol–water partition coefficient (Wildman–Crippen LogP) is 5.37. The molecule has 0 unspecified atom stereocenters. The molecule has 0 aliphatic carbocycles. The molecule has 0 amide bonds. The van der Waals surface area contributed by atoms with Gasteiger partial charge in [0.1, 0.15) is 5.82 Å². The van der Waals surface area contributed by atoms with E-state index in [0.29, 0.717) is 0 Å². The number of likely N-dealkylation sites (N-methyl/N-ethyl adjacent to an activating group) is 2. The maximum Gasteiger partial charge on any atom is 0.138 e. The number of nitrogens with zero attached hydrogens (tertiary/aromatic N) is 4. The van der Waals surface area contributed by atoms with E-state index in [9.17, 15) is 0 Å². The van der Waals surface area contributed by atoms with Crippen LogP contribution < -0.4 is 4.90 Å². The average molecular weight is 442 g/mol. The van der Waals surface area contributed by atoms with Gasteiger partial charge in [-0.2, -0.15) is 0 Å². The fraction of sp³-hybridized carbons (Fsp3) is 0.480. The van der Waals surface area contributed by atoms with Crippen LogP contribution in [0.15, 0.2) is 42.5 Å². The van der Waals surface area contributed by atoms with Gasteiger partial charge in [0.15, 0.2) is 0 Å². The second-order valence-electron chi connectivity index (χ2n) is 7.84. The Kier molecular flexibility index (Phi) is 8.76. The van der Waals surface area contributed by atoms with Gasteiger partial charge in [-0.05, 0) is 56.5 Å². The summed E-state index contributed by atoms with van der Waals surface area (Å²) < 4.78 is 0. The molecule has 0 saturated carbocycles. The zero-order valence-electron chi connectivity index (χ0n) is 19.4. The Morgan fingerprint density at radius 3 is 2.06 bits per heavy atom. The van der Waals surface area contributed by atoms with E-state index < -0.39 is 0 Å². The zero-order valence-corrected chi connectivity index (χ0v) is 20.1. The molecule has 31 heavy (non-hydrogen) atoms. The molecule has 0 aliphatic rings. The highest BCUT2D eigenvalue weighted by Crippen LogP contribution is 2.26. The summed E-state index contributed by atoms with van der Waals surface area (Å²) in [5, 5.41) is 0.718. The van der Waals surface area contributed by atoms with Crippen molar-refractivity contribution in [3.05, 3.63) is 47.5 Å². The maximum atomic E-state index is 6.15. The lowest BCUT2D eigenvalue weighted by atomic mass is 10.1. The topological polar surface area (TPSA) is 38.4 Å². The van der Waals surface area contributed by atoms with E-state index in [1.165, 1.54) is 5.69 Å². The predicted molar refractivity (Wildman–Crippen MR) is 134 cm³/mol. The number of fused-ring (bicyclic) bond motifs is 1. The molecule has 1 N–H and O–H groups in total. The largest absolute Gasteiger partial charge is 0.369 e. The number of hydrogen-bond donors (Lipinski definition) is 1. The summed E-state index contributed by atoms with van der Waals surface area (Å²) in [6, 6.07) is 14.5. The minimum absolute atomic E-state index is 0.718. The van der Waals surface area contributed by atoms with Gasteiger partial charge in [0.05, 0.1) is 11.0 Å². The van der Waals surface area contributed by atoms with Crippen molar-refractivity contribution in [2.45, 2.75) is 27.7 Å². The second-order valence-corrected chi connectivity index (χ2v) is 8.27. The highest BCUT2D eigenvalue weighted by atomic mass is 35.5. The number of halogens is 1. The van der Waals surface area contributed by atoms with Crippen LogP contribution in [-0.2, 0) is 0 Å². The second kappa shape index (κ2) is 11.5. The molecule has 0 aliphatic heterocycles. The van der Waals surface area contributed by atoms with E-state index in [1.54, 1.807) is 0 Å². The van der Waals surface area contributed by atoms with Crippen LogP contribution in [0.5, 0.6) is 0 Å². The highest BCUT2D eigenvalue weighted by molar-refractivity contribution is 6.31. The molecule has 0 atom stereocenters. The molecule has 3 rings (SSSR count). The molecule has 2 aromatic carbocycles. The molecule has 0 bridgehead atoms. The summed E-state index contributed by atoms with van der Waals surface area (Å²) in [4.78, 5) is 15.7.